The lowest BCUT2D eigenvalue weighted by atomic mass is 10.0. The predicted molar refractivity (Wildman–Crippen MR) is 455 cm³/mol. The van der Waals surface area contributed by atoms with Gasteiger partial charge >= 0.3 is 39.5 Å². The van der Waals surface area contributed by atoms with Crippen LogP contribution in [0.25, 0.3) is 0 Å². The van der Waals surface area contributed by atoms with E-state index in [4.69, 9.17) is 37.0 Å². The highest BCUT2D eigenvalue weighted by atomic mass is 31.2. The normalized spacial score (nSPS) is 13.7. The summed E-state index contributed by atoms with van der Waals surface area (Å²) in [5.41, 5.74) is 0. The largest absolute Gasteiger partial charge is 0.472 e. The first kappa shape index (κ1) is 108. The van der Waals surface area contributed by atoms with Gasteiger partial charge < -0.3 is 33.8 Å². The molecule has 0 amide bonds. The summed E-state index contributed by atoms with van der Waals surface area (Å²) in [7, 11) is -9.93. The summed E-state index contributed by atoms with van der Waals surface area (Å²) < 4.78 is 69.0. The van der Waals surface area contributed by atoms with Crippen LogP contribution in [0.15, 0.2) is 0 Å². The van der Waals surface area contributed by atoms with Crippen molar-refractivity contribution in [3.63, 3.8) is 0 Å². The highest BCUT2D eigenvalue weighted by Crippen LogP contribution is 2.45. The molecule has 0 aliphatic carbocycles. The van der Waals surface area contributed by atoms with Gasteiger partial charge in [-0.25, -0.2) is 9.13 Å². The fourth-order valence-corrected chi connectivity index (χ4v) is 15.9. The molecule has 0 aromatic carbocycles. The number of aliphatic hydroxyl groups excluding tert-OH is 1. The quantitative estimate of drug-likeness (QED) is 0.0222. The molecule has 0 heterocycles. The molecule has 654 valence electrons. The van der Waals surface area contributed by atoms with Crippen molar-refractivity contribution in [2.45, 2.75) is 515 Å². The number of hydrogen-bond acceptors (Lipinski definition) is 15. The van der Waals surface area contributed by atoms with Crippen molar-refractivity contribution in [2.75, 3.05) is 39.6 Å². The van der Waals surface area contributed by atoms with E-state index in [1.165, 1.54) is 321 Å². The highest BCUT2D eigenvalue weighted by Gasteiger charge is 2.31. The number of aliphatic hydroxyl groups is 1. The molecule has 0 aliphatic rings. The number of hydrogen-bond donors (Lipinski definition) is 3. The topological polar surface area (TPSA) is 237 Å². The van der Waals surface area contributed by atoms with Crippen molar-refractivity contribution >= 4 is 39.5 Å². The summed E-state index contributed by atoms with van der Waals surface area (Å²) in [4.78, 5) is 73.3. The van der Waals surface area contributed by atoms with Crippen molar-refractivity contribution < 1.29 is 80.2 Å². The Morgan fingerprint density at radius 2 is 0.418 bits per heavy atom. The Kier molecular flexibility index (Phi) is 82.1. The lowest BCUT2D eigenvalue weighted by molar-refractivity contribution is -0.161. The maximum Gasteiger partial charge on any atom is 0.472 e. The second kappa shape index (κ2) is 83.5. The Balaban J connectivity index is 5.18. The lowest BCUT2D eigenvalue weighted by Gasteiger charge is -2.21. The molecule has 0 saturated heterocycles. The first-order valence-corrected chi connectivity index (χ1v) is 50.1. The molecule has 0 rings (SSSR count). The van der Waals surface area contributed by atoms with Crippen LogP contribution in [0.2, 0.25) is 0 Å². The molecule has 0 bridgehead atoms. The fourth-order valence-electron chi connectivity index (χ4n) is 14.4. The van der Waals surface area contributed by atoms with Crippen molar-refractivity contribution in [3.8, 4) is 0 Å². The minimum Gasteiger partial charge on any atom is -0.462 e. The van der Waals surface area contributed by atoms with Crippen molar-refractivity contribution in [3.05, 3.63) is 0 Å². The zero-order valence-electron chi connectivity index (χ0n) is 72.4. The van der Waals surface area contributed by atoms with Crippen LogP contribution in [0.4, 0.5) is 0 Å². The number of carbonyl (C=O) groups is 4. The van der Waals surface area contributed by atoms with Gasteiger partial charge in [-0.3, -0.25) is 37.3 Å². The number of rotatable bonds is 91. The molecule has 0 aromatic rings. The summed E-state index contributed by atoms with van der Waals surface area (Å²) in [5, 5.41) is 10.7. The van der Waals surface area contributed by atoms with Gasteiger partial charge in [-0.1, -0.05) is 446 Å². The maximum atomic E-state index is 13.2. The molecular weight excluding hydrogens is 1430 g/mol. The molecule has 0 aromatic heterocycles. The average molecular weight is 1610 g/mol. The Hall–Kier alpha value is -1.94. The lowest BCUT2D eigenvalue weighted by Crippen LogP contribution is -2.30. The first-order chi connectivity index (χ1) is 53.5. The minimum absolute atomic E-state index is 0.108. The van der Waals surface area contributed by atoms with Crippen molar-refractivity contribution in [1.82, 2.24) is 0 Å². The number of ether oxygens (including phenoxy) is 4. The number of esters is 4. The Bertz CT molecular complexity index is 2080. The number of carbonyl (C=O) groups excluding carboxylic acids is 4. The van der Waals surface area contributed by atoms with Crippen molar-refractivity contribution in [2.24, 2.45) is 5.92 Å². The molecule has 110 heavy (non-hydrogen) atoms. The van der Waals surface area contributed by atoms with Gasteiger partial charge in [-0.05, 0) is 31.6 Å². The Morgan fingerprint density at radius 1 is 0.245 bits per heavy atom. The van der Waals surface area contributed by atoms with Crippen LogP contribution < -0.4 is 0 Å². The average Bonchev–Trinajstić information content (AvgIpc) is 0.898. The fraction of sp³-hybridized carbons (Fsp3) is 0.956. The van der Waals surface area contributed by atoms with Gasteiger partial charge in [0.25, 0.3) is 0 Å². The van der Waals surface area contributed by atoms with Gasteiger partial charge in [0.05, 0.1) is 26.4 Å². The van der Waals surface area contributed by atoms with Gasteiger partial charge in [0.15, 0.2) is 12.2 Å². The van der Waals surface area contributed by atoms with Crippen LogP contribution in [0.3, 0.4) is 0 Å². The first-order valence-electron chi connectivity index (χ1n) is 47.1. The second-order valence-electron chi connectivity index (χ2n) is 33.2. The molecule has 0 fully saturated rings. The molecule has 5 atom stereocenters. The third kappa shape index (κ3) is 84.0. The van der Waals surface area contributed by atoms with Crippen LogP contribution in [0.1, 0.15) is 497 Å². The van der Waals surface area contributed by atoms with E-state index in [1.54, 1.807) is 0 Å². The van der Waals surface area contributed by atoms with Crippen LogP contribution >= 0.6 is 15.6 Å². The summed E-state index contributed by atoms with van der Waals surface area (Å²) >= 11 is 0. The van der Waals surface area contributed by atoms with Gasteiger partial charge in [-0.15, -0.1) is 0 Å². The van der Waals surface area contributed by atoms with E-state index < -0.39 is 97.5 Å². The second-order valence-corrected chi connectivity index (χ2v) is 36.1. The standard InChI is InChI=1S/C91H178O17P2/c1-6-9-12-15-18-21-23-25-27-29-31-33-35-37-39-41-46-50-55-60-65-70-75-89(94)102-81-87(108-91(96)76-71-66-61-56-51-47-42-40-38-36-34-32-30-28-26-24-22-19-16-13-10-7-2)83-106-110(99,100)104-79-85(92)78-103-109(97,98)105-82-86(80-101-88(93)74-69-64-59-53-20-17-14-11-8-3)107-90(95)77-72-67-62-57-52-48-44-43-45-49-54-58-63-68-73-84(4)5/h84-87,92H,6-83H2,1-5H3,(H,97,98)(H,99,100)/t85-,86+,87+/m0/s1. The third-order valence-electron chi connectivity index (χ3n) is 21.5. The summed E-state index contributed by atoms with van der Waals surface area (Å²) in [6.45, 7) is 7.39. The van der Waals surface area contributed by atoms with Crippen molar-refractivity contribution in [1.29, 1.82) is 0 Å². The van der Waals surface area contributed by atoms with E-state index in [-0.39, 0.29) is 25.7 Å². The van der Waals surface area contributed by atoms with Crippen LogP contribution in [0, 0.1) is 5.92 Å². The van der Waals surface area contributed by atoms with E-state index in [0.29, 0.717) is 25.7 Å². The smallest absolute Gasteiger partial charge is 0.462 e. The number of phosphoric ester groups is 2. The molecule has 0 saturated carbocycles. The van der Waals surface area contributed by atoms with Gasteiger partial charge in [0.2, 0.25) is 0 Å². The van der Waals surface area contributed by atoms with Gasteiger partial charge in [0, 0.05) is 25.7 Å². The molecule has 3 N–H and O–H groups in total. The summed E-state index contributed by atoms with van der Waals surface area (Å²) in [6.07, 6.45) is 79.5. The Morgan fingerprint density at radius 3 is 0.618 bits per heavy atom. The van der Waals surface area contributed by atoms with Gasteiger partial charge in [0.1, 0.15) is 19.3 Å². The number of phosphoric acid groups is 2. The van der Waals surface area contributed by atoms with Gasteiger partial charge in [-0.2, -0.15) is 0 Å². The van der Waals surface area contributed by atoms with Crippen LogP contribution in [-0.4, -0.2) is 96.7 Å². The molecule has 17 nitrogen and oxygen atoms in total. The molecular formula is C91H178O17P2. The SMILES string of the molecule is CCCCCCCCCCCCCCCCCCCCCCCCC(=O)OC[C@H](COP(=O)(O)OC[C@@H](O)COP(=O)(O)OC[C@@H](COC(=O)CCCCCCCCCCC)OC(=O)CCCCCCCCCCCCCCCCC(C)C)OC(=O)CCCCCCCCCCCCCCCCCCCCCCCC. The highest BCUT2D eigenvalue weighted by molar-refractivity contribution is 7.47. The van der Waals surface area contributed by atoms with E-state index in [0.717, 1.165) is 95.8 Å². The van der Waals surface area contributed by atoms with E-state index >= 15 is 0 Å². The number of unbranched alkanes of at least 4 members (excludes halogenated alkanes) is 63. The zero-order valence-corrected chi connectivity index (χ0v) is 74.2. The van der Waals surface area contributed by atoms with Crippen LogP contribution in [-0.2, 0) is 65.4 Å². The zero-order chi connectivity index (χ0) is 80.4. The monoisotopic (exact) mass is 1610 g/mol. The minimum atomic E-state index is -4.97. The summed E-state index contributed by atoms with van der Waals surface area (Å²) in [5.74, 6) is -1.30. The molecule has 0 spiro atoms. The molecule has 0 aliphatic heterocycles. The molecule has 19 heteroatoms. The predicted octanol–water partition coefficient (Wildman–Crippen LogP) is 28.3. The Labute approximate surface area is 677 Å². The van der Waals surface area contributed by atoms with E-state index in [1.807, 2.05) is 0 Å². The maximum absolute atomic E-state index is 13.2. The third-order valence-corrected chi connectivity index (χ3v) is 23.4. The molecule has 2 unspecified atom stereocenters. The van der Waals surface area contributed by atoms with E-state index in [2.05, 4.69) is 34.6 Å². The van der Waals surface area contributed by atoms with E-state index in [9.17, 15) is 43.2 Å². The summed E-state index contributed by atoms with van der Waals surface area (Å²) in [6, 6.07) is 0. The molecule has 0 radical (unpaired) electrons. The van der Waals surface area contributed by atoms with Crippen LogP contribution in [0.5, 0.6) is 0 Å².